The van der Waals surface area contributed by atoms with Crippen molar-refractivity contribution < 1.29 is 0 Å². The van der Waals surface area contributed by atoms with E-state index in [2.05, 4.69) is 31.5 Å². The van der Waals surface area contributed by atoms with Crippen molar-refractivity contribution in [3.8, 4) is 0 Å². The van der Waals surface area contributed by atoms with Crippen molar-refractivity contribution in [2.45, 2.75) is 38.1 Å². The van der Waals surface area contributed by atoms with Crippen LogP contribution in [0.5, 0.6) is 0 Å². The minimum atomic E-state index is 0.589. The Morgan fingerprint density at radius 1 is 1.35 bits per heavy atom. The summed E-state index contributed by atoms with van der Waals surface area (Å²) in [4.78, 5) is 9.40. The van der Waals surface area contributed by atoms with Crippen molar-refractivity contribution in [3.05, 3.63) is 22.6 Å². The van der Waals surface area contributed by atoms with Gasteiger partial charge >= 0.3 is 0 Å². The van der Waals surface area contributed by atoms with Crippen LogP contribution >= 0.6 is 27.5 Å². The van der Waals surface area contributed by atoms with E-state index in [-0.39, 0.29) is 0 Å². The maximum Gasteiger partial charge on any atom is 0.160 e. The van der Waals surface area contributed by atoms with Gasteiger partial charge in [0.05, 0.1) is 0 Å². The fourth-order valence-electron chi connectivity index (χ4n) is 4.14. The third-order valence-electron chi connectivity index (χ3n) is 4.92. The zero-order chi connectivity index (χ0) is 13.7. The number of nitrogens with zero attached hydrogens (tertiary/aromatic N) is 3. The standard InChI is InChI=1S/C15H17BrClN3/c16-11-7-12-15(18-8-11)20(14(19-12)3-4-17)13-6-9-1-2-10(13)5-9/h7-10,13H,1-6H2. The normalized spacial score (nSPS) is 28.6. The highest BCUT2D eigenvalue weighted by Crippen LogP contribution is 2.51. The van der Waals surface area contributed by atoms with Gasteiger partial charge in [-0.15, -0.1) is 11.6 Å². The highest BCUT2D eigenvalue weighted by Gasteiger charge is 2.41. The van der Waals surface area contributed by atoms with E-state index in [1.54, 1.807) is 0 Å². The summed E-state index contributed by atoms with van der Waals surface area (Å²) in [6.07, 6.45) is 8.16. The zero-order valence-electron chi connectivity index (χ0n) is 11.2. The first-order valence-electron chi connectivity index (χ1n) is 7.34. The molecule has 5 heteroatoms. The van der Waals surface area contributed by atoms with Gasteiger partial charge < -0.3 is 4.57 Å². The molecule has 2 aliphatic carbocycles. The molecule has 0 spiro atoms. The van der Waals surface area contributed by atoms with Gasteiger partial charge in [0.1, 0.15) is 11.3 Å². The number of hydrogen-bond acceptors (Lipinski definition) is 2. The number of fused-ring (bicyclic) bond motifs is 3. The molecule has 2 aromatic rings. The first kappa shape index (κ1) is 13.1. The van der Waals surface area contributed by atoms with Gasteiger partial charge in [-0.25, -0.2) is 9.97 Å². The lowest BCUT2D eigenvalue weighted by atomic mass is 9.95. The molecule has 20 heavy (non-hydrogen) atoms. The fraction of sp³-hybridized carbons (Fsp3) is 0.600. The lowest BCUT2D eigenvalue weighted by molar-refractivity contribution is 0.328. The summed E-state index contributed by atoms with van der Waals surface area (Å²) in [6.45, 7) is 0. The van der Waals surface area contributed by atoms with Crippen molar-refractivity contribution >= 4 is 38.7 Å². The molecule has 4 rings (SSSR count). The van der Waals surface area contributed by atoms with Crippen LogP contribution in [0, 0.1) is 11.8 Å². The molecule has 0 amide bonds. The van der Waals surface area contributed by atoms with Gasteiger partial charge in [-0.3, -0.25) is 0 Å². The molecule has 0 aliphatic heterocycles. The molecule has 3 atom stereocenters. The van der Waals surface area contributed by atoms with E-state index in [0.717, 1.165) is 39.7 Å². The van der Waals surface area contributed by atoms with Gasteiger partial charge in [-0.2, -0.15) is 0 Å². The molecule has 3 nitrogen and oxygen atoms in total. The molecule has 0 radical (unpaired) electrons. The van der Waals surface area contributed by atoms with Crippen molar-refractivity contribution in [2.24, 2.45) is 11.8 Å². The number of aromatic nitrogens is 3. The molecular formula is C15H17BrClN3. The van der Waals surface area contributed by atoms with Gasteiger partial charge in [-0.1, -0.05) is 6.42 Å². The summed E-state index contributed by atoms with van der Waals surface area (Å²) in [7, 11) is 0. The second-order valence-corrected chi connectivity index (χ2v) is 7.37. The van der Waals surface area contributed by atoms with Crippen molar-refractivity contribution in [2.75, 3.05) is 5.88 Å². The van der Waals surface area contributed by atoms with Crippen LogP contribution in [0.15, 0.2) is 16.7 Å². The molecule has 2 heterocycles. The van der Waals surface area contributed by atoms with Gasteiger partial charge in [0.25, 0.3) is 0 Å². The highest BCUT2D eigenvalue weighted by molar-refractivity contribution is 9.10. The molecule has 2 aliphatic rings. The van der Waals surface area contributed by atoms with Crippen molar-refractivity contribution in [3.63, 3.8) is 0 Å². The molecule has 3 unspecified atom stereocenters. The van der Waals surface area contributed by atoms with Crippen LogP contribution < -0.4 is 0 Å². The summed E-state index contributed by atoms with van der Waals surface area (Å²) in [5.41, 5.74) is 2.02. The topological polar surface area (TPSA) is 30.7 Å². The molecular weight excluding hydrogens is 338 g/mol. The fourth-order valence-corrected chi connectivity index (χ4v) is 4.63. The van der Waals surface area contributed by atoms with Crippen LogP contribution in [0.1, 0.15) is 37.5 Å². The first-order valence-corrected chi connectivity index (χ1v) is 8.67. The molecule has 0 aromatic carbocycles. The number of halogens is 2. The molecule has 0 N–H and O–H groups in total. The SMILES string of the molecule is ClCCc1nc2cc(Br)cnc2n1C1CC2CCC1C2. The smallest absolute Gasteiger partial charge is 0.160 e. The van der Waals surface area contributed by atoms with E-state index in [1.807, 2.05) is 6.20 Å². The number of imidazole rings is 1. The van der Waals surface area contributed by atoms with Crippen molar-refractivity contribution in [1.29, 1.82) is 0 Å². The Hall–Kier alpha value is -0.610. The van der Waals surface area contributed by atoms with E-state index >= 15 is 0 Å². The van der Waals surface area contributed by atoms with E-state index in [0.29, 0.717) is 11.9 Å². The Labute approximate surface area is 131 Å². The Morgan fingerprint density at radius 3 is 2.95 bits per heavy atom. The highest BCUT2D eigenvalue weighted by atomic mass is 79.9. The lowest BCUT2D eigenvalue weighted by Gasteiger charge is -2.25. The third kappa shape index (κ3) is 2.00. The molecule has 2 aromatic heterocycles. The van der Waals surface area contributed by atoms with Crippen molar-refractivity contribution in [1.82, 2.24) is 14.5 Å². The maximum absolute atomic E-state index is 5.97. The number of pyridine rings is 1. The first-order chi connectivity index (χ1) is 9.76. The van der Waals surface area contributed by atoms with E-state index in [1.165, 1.54) is 25.7 Å². The van der Waals surface area contributed by atoms with Gasteiger partial charge in [0, 0.05) is 29.0 Å². The van der Waals surface area contributed by atoms with Gasteiger partial charge in [0.2, 0.25) is 0 Å². The van der Waals surface area contributed by atoms with E-state index < -0.39 is 0 Å². The predicted octanol–water partition coefficient (Wildman–Crippen LogP) is 4.34. The molecule has 2 saturated carbocycles. The number of rotatable bonds is 3. The van der Waals surface area contributed by atoms with Crippen LogP contribution in [0.4, 0.5) is 0 Å². The zero-order valence-corrected chi connectivity index (χ0v) is 13.6. The van der Waals surface area contributed by atoms with Gasteiger partial charge in [-0.05, 0) is 53.1 Å². The Bertz CT molecular complexity index is 654. The molecule has 2 bridgehead atoms. The quantitative estimate of drug-likeness (QED) is 0.768. The number of hydrogen-bond donors (Lipinski definition) is 0. The van der Waals surface area contributed by atoms with E-state index in [4.69, 9.17) is 16.6 Å². The minimum Gasteiger partial charge on any atom is -0.309 e. The average molecular weight is 355 g/mol. The second-order valence-electron chi connectivity index (χ2n) is 6.08. The van der Waals surface area contributed by atoms with Crippen LogP contribution in [0.25, 0.3) is 11.2 Å². The van der Waals surface area contributed by atoms with Crippen LogP contribution in [0.2, 0.25) is 0 Å². The molecule has 106 valence electrons. The van der Waals surface area contributed by atoms with Gasteiger partial charge in [0.15, 0.2) is 5.65 Å². The second kappa shape index (κ2) is 4.99. The Kier molecular flexibility index (Phi) is 3.26. The predicted molar refractivity (Wildman–Crippen MR) is 84.1 cm³/mol. The largest absolute Gasteiger partial charge is 0.309 e. The molecule has 2 fully saturated rings. The number of alkyl halides is 1. The van der Waals surface area contributed by atoms with Crippen LogP contribution in [-0.2, 0) is 6.42 Å². The van der Waals surface area contributed by atoms with Crippen LogP contribution in [0.3, 0.4) is 0 Å². The summed E-state index contributed by atoms with van der Waals surface area (Å²) >= 11 is 9.45. The van der Waals surface area contributed by atoms with E-state index in [9.17, 15) is 0 Å². The van der Waals surface area contributed by atoms with Crippen LogP contribution in [-0.4, -0.2) is 20.4 Å². The summed E-state index contributed by atoms with van der Waals surface area (Å²) in [5.74, 6) is 3.46. The summed E-state index contributed by atoms with van der Waals surface area (Å²) < 4.78 is 3.38. The third-order valence-corrected chi connectivity index (χ3v) is 5.54. The summed E-state index contributed by atoms with van der Waals surface area (Å²) in [5, 5.41) is 0. The Balaban J connectivity index is 1.85. The summed E-state index contributed by atoms with van der Waals surface area (Å²) in [6, 6.07) is 2.65. The molecule has 0 saturated heterocycles. The Morgan fingerprint density at radius 2 is 2.25 bits per heavy atom. The monoisotopic (exact) mass is 353 g/mol. The maximum atomic E-state index is 5.97. The minimum absolute atomic E-state index is 0.589. The number of aryl methyl sites for hydroxylation is 1. The average Bonchev–Trinajstić information content (AvgIpc) is 3.11. The lowest BCUT2D eigenvalue weighted by Crippen LogP contribution is -2.19.